The molecule has 0 spiro atoms. The minimum Gasteiger partial charge on any atom is -0.331 e. The summed E-state index contributed by atoms with van der Waals surface area (Å²) in [7, 11) is 0. The lowest BCUT2D eigenvalue weighted by molar-refractivity contribution is 1.07. The molecule has 8 heteroatoms. The lowest BCUT2D eigenvalue weighted by atomic mass is 10.5. The minimum atomic E-state index is -0.575. The molecule has 0 aromatic carbocycles. The molecule has 0 fully saturated rings. The van der Waals surface area contributed by atoms with Crippen LogP contribution < -0.4 is 11.2 Å². The molecule has 3 rings (SSSR count). The summed E-state index contributed by atoms with van der Waals surface area (Å²) in [5.41, 5.74) is 1.71. The lowest BCUT2D eigenvalue weighted by Gasteiger charge is -1.84. The van der Waals surface area contributed by atoms with Crippen molar-refractivity contribution in [2.24, 2.45) is 0 Å². The summed E-state index contributed by atoms with van der Waals surface area (Å²) >= 11 is 1.42. The maximum atomic E-state index is 11.4. The third kappa shape index (κ3) is 1.27. The van der Waals surface area contributed by atoms with Crippen molar-refractivity contribution >= 4 is 22.5 Å². The van der Waals surface area contributed by atoms with Gasteiger partial charge in [-0.25, -0.2) is 14.8 Å². The van der Waals surface area contributed by atoms with E-state index in [0.717, 1.165) is 0 Å². The standard InChI is InChI=1S/C8H5N5O2S/c14-7-4-6(12-8(15)13-7)11-5(10-4)3-1-16-2-9-3/h1-2H,(H3,10,11,12,13,14,15). The fourth-order valence-electron chi connectivity index (χ4n) is 1.38. The predicted molar refractivity (Wildman–Crippen MR) is 58.4 cm³/mol. The van der Waals surface area contributed by atoms with E-state index in [1.54, 1.807) is 10.9 Å². The lowest BCUT2D eigenvalue weighted by Crippen LogP contribution is -2.21. The van der Waals surface area contributed by atoms with Gasteiger partial charge in [-0.2, -0.15) is 0 Å². The van der Waals surface area contributed by atoms with E-state index in [1.165, 1.54) is 11.3 Å². The summed E-state index contributed by atoms with van der Waals surface area (Å²) in [4.78, 5) is 37.9. The predicted octanol–water partition coefficient (Wildman–Crippen LogP) is 0.0630. The highest BCUT2D eigenvalue weighted by atomic mass is 32.1. The maximum Gasteiger partial charge on any atom is 0.327 e. The van der Waals surface area contributed by atoms with Crippen molar-refractivity contribution in [2.75, 3.05) is 0 Å². The first kappa shape index (κ1) is 9.04. The number of rotatable bonds is 1. The minimum absolute atomic E-state index is 0.233. The molecule has 0 aliphatic rings. The molecular formula is C8H5N5O2S. The average molecular weight is 235 g/mol. The van der Waals surface area contributed by atoms with Crippen LogP contribution in [0.25, 0.3) is 22.7 Å². The monoisotopic (exact) mass is 235 g/mol. The highest BCUT2D eigenvalue weighted by Crippen LogP contribution is 2.16. The van der Waals surface area contributed by atoms with Gasteiger partial charge in [0.2, 0.25) is 0 Å². The van der Waals surface area contributed by atoms with E-state index in [-0.39, 0.29) is 11.2 Å². The Balaban J connectivity index is 2.36. The van der Waals surface area contributed by atoms with Gasteiger partial charge in [0.1, 0.15) is 11.2 Å². The number of imidazole rings is 1. The summed E-state index contributed by atoms with van der Waals surface area (Å²) in [5.74, 6) is 0.462. The number of aromatic nitrogens is 5. The Morgan fingerprint density at radius 1 is 1.19 bits per heavy atom. The quantitative estimate of drug-likeness (QED) is 0.554. The van der Waals surface area contributed by atoms with Crippen molar-refractivity contribution < 1.29 is 0 Å². The largest absolute Gasteiger partial charge is 0.331 e. The van der Waals surface area contributed by atoms with Gasteiger partial charge >= 0.3 is 5.69 Å². The third-order valence-corrected chi connectivity index (χ3v) is 2.65. The zero-order chi connectivity index (χ0) is 11.1. The van der Waals surface area contributed by atoms with Gasteiger partial charge < -0.3 is 4.98 Å². The average Bonchev–Trinajstić information content (AvgIpc) is 2.82. The van der Waals surface area contributed by atoms with Crippen LogP contribution in [0.15, 0.2) is 20.5 Å². The second-order valence-electron chi connectivity index (χ2n) is 3.09. The third-order valence-electron chi connectivity index (χ3n) is 2.06. The molecule has 3 N–H and O–H groups in total. The van der Waals surface area contributed by atoms with Crippen LogP contribution in [0.4, 0.5) is 0 Å². The van der Waals surface area contributed by atoms with E-state index >= 15 is 0 Å². The molecule has 0 saturated heterocycles. The molecule has 0 radical (unpaired) electrons. The first-order valence-electron chi connectivity index (χ1n) is 4.35. The van der Waals surface area contributed by atoms with Gasteiger partial charge in [0.15, 0.2) is 11.5 Å². The molecule has 0 aliphatic heterocycles. The Bertz CT molecular complexity index is 751. The number of hydrogen-bond donors (Lipinski definition) is 3. The Morgan fingerprint density at radius 2 is 2.06 bits per heavy atom. The Kier molecular flexibility index (Phi) is 1.77. The van der Waals surface area contributed by atoms with Gasteiger partial charge in [0, 0.05) is 5.38 Å². The van der Waals surface area contributed by atoms with Crippen molar-refractivity contribution in [2.45, 2.75) is 0 Å². The van der Waals surface area contributed by atoms with Crippen LogP contribution in [0, 0.1) is 0 Å². The van der Waals surface area contributed by atoms with Gasteiger partial charge in [0.25, 0.3) is 5.56 Å². The van der Waals surface area contributed by atoms with Gasteiger partial charge in [-0.15, -0.1) is 11.3 Å². The van der Waals surface area contributed by atoms with Gasteiger partial charge in [-0.3, -0.25) is 14.8 Å². The molecule has 3 aromatic heterocycles. The van der Waals surface area contributed by atoms with E-state index in [9.17, 15) is 9.59 Å². The summed E-state index contributed by atoms with van der Waals surface area (Å²) < 4.78 is 0. The molecule has 0 bridgehead atoms. The molecule has 0 atom stereocenters. The van der Waals surface area contributed by atoms with Crippen LogP contribution in [0.2, 0.25) is 0 Å². The molecule has 0 saturated carbocycles. The molecule has 16 heavy (non-hydrogen) atoms. The smallest absolute Gasteiger partial charge is 0.327 e. The molecule has 3 aromatic rings. The summed E-state index contributed by atoms with van der Waals surface area (Å²) in [5, 5.41) is 1.80. The van der Waals surface area contributed by atoms with Crippen LogP contribution >= 0.6 is 11.3 Å². The van der Waals surface area contributed by atoms with Crippen molar-refractivity contribution in [1.82, 2.24) is 24.9 Å². The Hall–Kier alpha value is -2.22. The van der Waals surface area contributed by atoms with Gasteiger partial charge in [0.05, 0.1) is 5.51 Å². The normalized spacial score (nSPS) is 11.0. The van der Waals surface area contributed by atoms with Crippen LogP contribution in [0.3, 0.4) is 0 Å². The van der Waals surface area contributed by atoms with Crippen molar-refractivity contribution in [3.8, 4) is 11.5 Å². The van der Waals surface area contributed by atoms with Crippen LogP contribution in [-0.2, 0) is 0 Å². The Morgan fingerprint density at radius 3 is 2.81 bits per heavy atom. The van der Waals surface area contributed by atoms with Crippen LogP contribution in [0.5, 0.6) is 0 Å². The van der Waals surface area contributed by atoms with Gasteiger partial charge in [-0.1, -0.05) is 0 Å². The van der Waals surface area contributed by atoms with E-state index < -0.39 is 11.2 Å². The molecule has 0 amide bonds. The van der Waals surface area contributed by atoms with Crippen LogP contribution in [-0.4, -0.2) is 24.9 Å². The summed E-state index contributed by atoms with van der Waals surface area (Å²) in [6.07, 6.45) is 0. The molecule has 0 aliphatic carbocycles. The fourth-order valence-corrected chi connectivity index (χ4v) is 1.92. The van der Waals surface area contributed by atoms with Gasteiger partial charge in [-0.05, 0) is 0 Å². The zero-order valence-corrected chi connectivity index (χ0v) is 8.59. The number of nitrogens with zero attached hydrogens (tertiary/aromatic N) is 2. The van der Waals surface area contributed by atoms with E-state index in [1.807, 2.05) is 0 Å². The number of fused-ring (bicyclic) bond motifs is 1. The molecule has 80 valence electrons. The number of H-pyrrole nitrogens is 3. The van der Waals surface area contributed by atoms with E-state index in [0.29, 0.717) is 11.5 Å². The number of thiazole rings is 1. The molecular weight excluding hydrogens is 230 g/mol. The maximum absolute atomic E-state index is 11.4. The highest BCUT2D eigenvalue weighted by Gasteiger charge is 2.09. The van der Waals surface area contributed by atoms with E-state index in [4.69, 9.17) is 0 Å². The van der Waals surface area contributed by atoms with Crippen molar-refractivity contribution in [1.29, 1.82) is 0 Å². The number of aromatic amines is 3. The van der Waals surface area contributed by atoms with Crippen LogP contribution in [0.1, 0.15) is 0 Å². The second-order valence-corrected chi connectivity index (χ2v) is 3.81. The molecule has 0 unspecified atom stereocenters. The second kappa shape index (κ2) is 3.14. The van der Waals surface area contributed by atoms with Crippen molar-refractivity contribution in [3.63, 3.8) is 0 Å². The highest BCUT2D eigenvalue weighted by molar-refractivity contribution is 7.07. The molecule has 7 nitrogen and oxygen atoms in total. The summed E-state index contributed by atoms with van der Waals surface area (Å²) in [6.45, 7) is 0. The number of nitrogens with one attached hydrogen (secondary N) is 3. The SMILES string of the molecule is O=c1[nH]c(=O)c2[nH]c(-c3cscn3)nc2[nH]1. The topological polar surface area (TPSA) is 107 Å². The zero-order valence-electron chi connectivity index (χ0n) is 7.77. The van der Waals surface area contributed by atoms with E-state index in [2.05, 4.69) is 24.9 Å². The Labute approximate surface area is 91.2 Å². The molecule has 3 heterocycles. The summed E-state index contributed by atoms with van der Waals surface area (Å²) in [6, 6.07) is 0. The fraction of sp³-hybridized carbons (Fsp3) is 0. The number of hydrogen-bond acceptors (Lipinski definition) is 5. The van der Waals surface area contributed by atoms with Crippen molar-refractivity contribution in [3.05, 3.63) is 31.7 Å². The first-order chi connectivity index (χ1) is 7.74. The first-order valence-corrected chi connectivity index (χ1v) is 5.29.